The predicted octanol–water partition coefficient (Wildman–Crippen LogP) is -1.47. The Balaban J connectivity index is 1.63. The molecule has 2 saturated heterocycles. The number of aliphatic hydroxyl groups excluding tert-OH is 5. The van der Waals surface area contributed by atoms with Crippen LogP contribution < -0.4 is 19.6 Å². The molecule has 8 atom stereocenters. The summed E-state index contributed by atoms with van der Waals surface area (Å²) in [7, 11) is 2.67. The lowest BCUT2D eigenvalue weighted by atomic mass is 9.98. The molecular formula is C28H32O16. The summed E-state index contributed by atoms with van der Waals surface area (Å²) in [6, 6.07) is 6.51. The van der Waals surface area contributed by atoms with Crippen molar-refractivity contribution in [2.45, 2.75) is 48.7 Å². The first-order valence-corrected chi connectivity index (χ1v) is 13.3. The summed E-state index contributed by atoms with van der Waals surface area (Å²) in [5.41, 5.74) is -3.08. The fourth-order valence-corrected chi connectivity index (χ4v) is 4.98. The predicted molar refractivity (Wildman–Crippen MR) is 145 cm³/mol. The van der Waals surface area contributed by atoms with E-state index in [0.717, 1.165) is 6.07 Å². The van der Waals surface area contributed by atoms with Crippen molar-refractivity contribution in [2.75, 3.05) is 34.0 Å². The third-order valence-electron chi connectivity index (χ3n) is 7.51. The van der Waals surface area contributed by atoms with Gasteiger partial charge in [0, 0.05) is 17.7 Å². The molecule has 2 aliphatic heterocycles. The molecular weight excluding hydrogens is 592 g/mol. The second kappa shape index (κ2) is 12.4. The van der Waals surface area contributed by atoms with E-state index < -0.39 is 85.4 Å². The third-order valence-corrected chi connectivity index (χ3v) is 7.51. The maximum absolute atomic E-state index is 13.9. The van der Waals surface area contributed by atoms with Crippen LogP contribution in [0, 0.1) is 0 Å². The molecule has 0 bridgehead atoms. The summed E-state index contributed by atoms with van der Waals surface area (Å²) in [6.45, 7) is -2.24. The summed E-state index contributed by atoms with van der Waals surface area (Å²) in [5.74, 6) is -1.51. The molecule has 5 rings (SSSR count). The summed E-state index contributed by atoms with van der Waals surface area (Å²) in [6.07, 6.45) is -12.1. The van der Waals surface area contributed by atoms with E-state index in [1.165, 1.54) is 38.5 Å². The number of phenolic OH excluding ortho intramolecular Hbond substituents is 2. The van der Waals surface area contributed by atoms with Crippen molar-refractivity contribution in [1.29, 1.82) is 0 Å². The van der Waals surface area contributed by atoms with Crippen LogP contribution in [0.25, 0.3) is 22.3 Å². The van der Waals surface area contributed by atoms with Crippen molar-refractivity contribution in [3.05, 3.63) is 40.6 Å². The van der Waals surface area contributed by atoms with Gasteiger partial charge in [0.2, 0.25) is 17.5 Å². The van der Waals surface area contributed by atoms with Gasteiger partial charge in [-0.25, -0.2) is 0 Å². The van der Waals surface area contributed by atoms with Gasteiger partial charge in [-0.3, -0.25) is 4.79 Å². The number of hydrogen-bond donors (Lipinski definition) is 8. The molecule has 8 N–H and O–H groups in total. The second-order valence-corrected chi connectivity index (χ2v) is 10.3. The molecule has 44 heavy (non-hydrogen) atoms. The highest BCUT2D eigenvalue weighted by Crippen LogP contribution is 2.40. The highest BCUT2D eigenvalue weighted by Gasteiger charge is 2.53. The topological polar surface area (TPSA) is 247 Å². The second-order valence-electron chi connectivity index (χ2n) is 10.3. The molecule has 2 aliphatic rings. The lowest BCUT2D eigenvalue weighted by Gasteiger charge is -2.42. The van der Waals surface area contributed by atoms with Gasteiger partial charge in [-0.15, -0.1) is 0 Å². The summed E-state index contributed by atoms with van der Waals surface area (Å²) in [5, 5.41) is 82.4. The molecule has 3 heterocycles. The Bertz CT molecular complexity index is 1560. The Kier molecular flexibility index (Phi) is 8.90. The summed E-state index contributed by atoms with van der Waals surface area (Å²) < 4.78 is 38.7. The number of benzene rings is 2. The van der Waals surface area contributed by atoms with Crippen LogP contribution in [0.5, 0.6) is 28.7 Å². The molecule has 240 valence electrons. The summed E-state index contributed by atoms with van der Waals surface area (Å²) in [4.78, 5) is 13.9. The monoisotopic (exact) mass is 624 g/mol. The first-order chi connectivity index (χ1) is 21.0. The van der Waals surface area contributed by atoms with Crippen LogP contribution in [-0.4, -0.2) is 124 Å². The zero-order chi connectivity index (χ0) is 31.9. The van der Waals surface area contributed by atoms with Gasteiger partial charge in [0.05, 0.1) is 34.0 Å². The highest BCUT2D eigenvalue weighted by molar-refractivity contribution is 5.88. The van der Waals surface area contributed by atoms with Crippen LogP contribution in [0.1, 0.15) is 0 Å². The van der Waals surface area contributed by atoms with Gasteiger partial charge in [-0.1, -0.05) is 0 Å². The van der Waals surface area contributed by atoms with Crippen LogP contribution in [0.15, 0.2) is 39.5 Å². The third kappa shape index (κ3) is 5.51. The molecule has 0 unspecified atom stereocenters. The van der Waals surface area contributed by atoms with Crippen LogP contribution >= 0.6 is 0 Å². The van der Waals surface area contributed by atoms with E-state index in [1.807, 2.05) is 0 Å². The number of fused-ring (bicyclic) bond motifs is 1. The molecule has 0 spiro atoms. The molecule has 1 aromatic heterocycles. The maximum Gasteiger partial charge on any atom is 0.239 e. The Hall–Kier alpha value is -3.71. The number of phenols is 2. The normalized spacial score (nSPS) is 30.4. The van der Waals surface area contributed by atoms with E-state index in [2.05, 4.69) is 0 Å². The SMILES string of the molecule is COc1cc(O)c2c(=O)c(O[C@@H]3O[C@H](CO)[C@H](O)[C@H](O)[C@H]3O[C@@H]3OC[C@](O)(CO)[C@H]3O)c(-c3ccc(OC)c(O)c3)oc2c1. The number of aliphatic hydroxyl groups is 6. The van der Waals surface area contributed by atoms with Gasteiger partial charge >= 0.3 is 0 Å². The van der Waals surface area contributed by atoms with Crippen LogP contribution in [0.4, 0.5) is 0 Å². The van der Waals surface area contributed by atoms with Crippen molar-refractivity contribution in [1.82, 2.24) is 0 Å². The van der Waals surface area contributed by atoms with Crippen LogP contribution in [-0.2, 0) is 14.2 Å². The molecule has 2 fully saturated rings. The first-order valence-electron chi connectivity index (χ1n) is 13.3. The Morgan fingerprint density at radius 2 is 1.73 bits per heavy atom. The minimum Gasteiger partial charge on any atom is -0.507 e. The molecule has 0 saturated carbocycles. The van der Waals surface area contributed by atoms with E-state index in [1.54, 1.807) is 0 Å². The smallest absolute Gasteiger partial charge is 0.239 e. The summed E-state index contributed by atoms with van der Waals surface area (Å²) >= 11 is 0. The lowest BCUT2D eigenvalue weighted by molar-refractivity contribution is -0.319. The average Bonchev–Trinajstić information content (AvgIpc) is 3.30. The van der Waals surface area contributed by atoms with Crippen LogP contribution in [0.3, 0.4) is 0 Å². The number of rotatable bonds is 9. The standard InChI is InChI=1S/C28H32O16/c1-38-12-6-14(32)18-16(7-12)41-22(11-3-4-15(39-2)13(31)5-11)23(20(18)34)43-26-24(21(35)19(33)17(8-29)42-26)44-27-25(36)28(37,9-30)10-40-27/h3-7,17,19,21,24-27,29-33,35-37H,8-10H2,1-2H3/t17-,19+,21+,24-,25+,26+,27+,28-/m1/s1. The minimum atomic E-state index is -2.10. The quantitative estimate of drug-likeness (QED) is 0.135. The number of aromatic hydroxyl groups is 2. The van der Waals surface area contributed by atoms with Gasteiger partial charge in [-0.05, 0) is 18.2 Å². The number of methoxy groups -OCH3 is 2. The molecule has 16 nitrogen and oxygen atoms in total. The zero-order valence-corrected chi connectivity index (χ0v) is 23.4. The molecule has 2 aromatic carbocycles. The van der Waals surface area contributed by atoms with E-state index in [-0.39, 0.29) is 39.5 Å². The number of ether oxygens (including phenoxy) is 6. The largest absolute Gasteiger partial charge is 0.507 e. The van der Waals surface area contributed by atoms with Crippen molar-refractivity contribution in [3.63, 3.8) is 0 Å². The minimum absolute atomic E-state index is 0.0923. The maximum atomic E-state index is 13.9. The van der Waals surface area contributed by atoms with Gasteiger partial charge < -0.3 is 73.7 Å². The van der Waals surface area contributed by atoms with Crippen molar-refractivity contribution >= 4 is 11.0 Å². The Morgan fingerprint density at radius 3 is 2.34 bits per heavy atom. The van der Waals surface area contributed by atoms with E-state index in [0.29, 0.717) is 0 Å². The molecule has 0 aliphatic carbocycles. The van der Waals surface area contributed by atoms with Gasteiger partial charge in [0.1, 0.15) is 52.5 Å². The fourth-order valence-electron chi connectivity index (χ4n) is 4.98. The molecule has 3 aromatic rings. The Labute approximate surface area is 248 Å². The van der Waals surface area contributed by atoms with Gasteiger partial charge in [0.15, 0.2) is 29.7 Å². The van der Waals surface area contributed by atoms with E-state index in [4.69, 9.17) is 32.8 Å². The highest BCUT2D eigenvalue weighted by atomic mass is 16.8. The first kappa shape index (κ1) is 31.7. The van der Waals surface area contributed by atoms with E-state index in [9.17, 15) is 45.6 Å². The molecule has 0 amide bonds. The van der Waals surface area contributed by atoms with Crippen molar-refractivity contribution in [3.8, 4) is 40.1 Å². The Morgan fingerprint density at radius 1 is 0.977 bits per heavy atom. The van der Waals surface area contributed by atoms with Crippen molar-refractivity contribution < 1.29 is 73.7 Å². The fraction of sp³-hybridized carbons (Fsp3) is 0.464. The number of hydrogen-bond acceptors (Lipinski definition) is 16. The van der Waals surface area contributed by atoms with Gasteiger partial charge in [-0.2, -0.15) is 0 Å². The lowest BCUT2D eigenvalue weighted by Crippen LogP contribution is -2.62. The average molecular weight is 625 g/mol. The van der Waals surface area contributed by atoms with Crippen molar-refractivity contribution in [2.24, 2.45) is 0 Å². The molecule has 16 heteroatoms. The van der Waals surface area contributed by atoms with Crippen LogP contribution in [0.2, 0.25) is 0 Å². The van der Waals surface area contributed by atoms with Gasteiger partial charge in [0.25, 0.3) is 0 Å². The van der Waals surface area contributed by atoms with E-state index >= 15 is 0 Å². The molecule has 0 radical (unpaired) electrons. The zero-order valence-electron chi connectivity index (χ0n) is 23.4.